The van der Waals surface area contributed by atoms with E-state index in [0.29, 0.717) is 25.7 Å². The first-order valence-electron chi connectivity index (χ1n) is 7.52. The summed E-state index contributed by atoms with van der Waals surface area (Å²) < 4.78 is 10.7. The number of nitrogens with one attached hydrogen (secondary N) is 1. The molecule has 1 aromatic rings. The Kier molecular flexibility index (Phi) is 6.34. The van der Waals surface area contributed by atoms with Crippen molar-refractivity contribution in [3.8, 4) is 5.75 Å². The number of nitrogens with two attached hydrogens (primary N) is 1. The number of rotatable bonds is 8. The molecule has 0 spiro atoms. The minimum absolute atomic E-state index is 0.523. The molecule has 3 N–H and O–H groups in total. The van der Waals surface area contributed by atoms with Crippen molar-refractivity contribution in [2.75, 3.05) is 26.8 Å². The molecule has 0 amide bonds. The third-order valence-corrected chi connectivity index (χ3v) is 3.72. The Morgan fingerprint density at radius 2 is 2.10 bits per heavy atom. The molecule has 116 valence electrons. The number of ether oxygens (including phenoxy) is 2. The van der Waals surface area contributed by atoms with Crippen LogP contribution in [0.15, 0.2) is 29.3 Å². The Bertz CT molecular complexity index is 441. The van der Waals surface area contributed by atoms with Crippen LogP contribution in [-0.4, -0.2) is 32.8 Å². The number of nitrogens with zero attached hydrogens (tertiary/aromatic N) is 1. The van der Waals surface area contributed by atoms with Gasteiger partial charge in [0, 0.05) is 13.1 Å². The lowest BCUT2D eigenvalue weighted by molar-refractivity contribution is 0.125. The largest absolute Gasteiger partial charge is 0.497 e. The van der Waals surface area contributed by atoms with E-state index in [0.717, 1.165) is 23.8 Å². The summed E-state index contributed by atoms with van der Waals surface area (Å²) in [7, 11) is 1.66. The summed E-state index contributed by atoms with van der Waals surface area (Å²) in [6, 6.07) is 7.87. The van der Waals surface area contributed by atoms with Gasteiger partial charge < -0.3 is 20.5 Å². The van der Waals surface area contributed by atoms with Crippen LogP contribution in [0.2, 0.25) is 0 Å². The fraction of sp³-hybridized carbons (Fsp3) is 0.562. The molecule has 0 heterocycles. The highest BCUT2D eigenvalue weighted by molar-refractivity contribution is 5.77. The highest BCUT2D eigenvalue weighted by Crippen LogP contribution is 2.26. The van der Waals surface area contributed by atoms with Crippen molar-refractivity contribution in [2.45, 2.75) is 25.9 Å². The average molecular weight is 291 g/mol. The smallest absolute Gasteiger partial charge is 0.188 e. The van der Waals surface area contributed by atoms with Crippen molar-refractivity contribution >= 4 is 5.96 Å². The molecule has 1 aliphatic rings. The van der Waals surface area contributed by atoms with Crippen molar-refractivity contribution < 1.29 is 9.47 Å². The fourth-order valence-electron chi connectivity index (χ4n) is 2.12. The molecule has 0 unspecified atom stereocenters. The zero-order valence-electron chi connectivity index (χ0n) is 12.7. The molecule has 0 atom stereocenters. The Hall–Kier alpha value is -1.75. The second-order valence-electron chi connectivity index (χ2n) is 5.35. The summed E-state index contributed by atoms with van der Waals surface area (Å²) in [4.78, 5) is 4.33. The van der Waals surface area contributed by atoms with Gasteiger partial charge >= 0.3 is 0 Å². The molecule has 0 saturated heterocycles. The van der Waals surface area contributed by atoms with Crippen LogP contribution in [0, 0.1) is 5.92 Å². The molecule has 21 heavy (non-hydrogen) atoms. The molecule has 5 heteroatoms. The van der Waals surface area contributed by atoms with Crippen molar-refractivity contribution in [2.24, 2.45) is 16.6 Å². The van der Waals surface area contributed by atoms with Crippen LogP contribution in [0.25, 0.3) is 0 Å². The standard InChI is InChI=1S/C16H25N3O2/c1-20-15-7-5-14(6-8-15)12-21-10-9-18-16(17)19-11-13-3-2-4-13/h5-8,13H,2-4,9-12H2,1H3,(H3,17,18,19). The van der Waals surface area contributed by atoms with Crippen LogP contribution in [0.3, 0.4) is 0 Å². The van der Waals surface area contributed by atoms with E-state index in [2.05, 4.69) is 10.3 Å². The molecule has 0 radical (unpaired) electrons. The maximum atomic E-state index is 5.80. The second-order valence-corrected chi connectivity index (χ2v) is 5.35. The second kappa shape index (κ2) is 8.52. The van der Waals surface area contributed by atoms with Crippen LogP contribution in [-0.2, 0) is 11.3 Å². The number of hydrogen-bond donors (Lipinski definition) is 2. The predicted octanol–water partition coefficient (Wildman–Crippen LogP) is 1.92. The third kappa shape index (κ3) is 5.63. The van der Waals surface area contributed by atoms with Gasteiger partial charge in [-0.2, -0.15) is 0 Å². The number of methoxy groups -OCH3 is 1. The molecule has 0 bridgehead atoms. The van der Waals surface area contributed by atoms with E-state index in [4.69, 9.17) is 15.2 Å². The topological polar surface area (TPSA) is 68.9 Å². The number of hydrogen-bond acceptors (Lipinski definition) is 3. The molecular weight excluding hydrogens is 266 g/mol. The van der Waals surface area contributed by atoms with Gasteiger partial charge in [0.25, 0.3) is 0 Å². The quantitative estimate of drug-likeness (QED) is 0.436. The molecule has 1 fully saturated rings. The molecule has 1 saturated carbocycles. The summed E-state index contributed by atoms with van der Waals surface area (Å²) in [6.45, 7) is 2.72. The van der Waals surface area contributed by atoms with Gasteiger partial charge in [-0.05, 0) is 36.5 Å². The molecule has 0 aliphatic heterocycles. The zero-order chi connectivity index (χ0) is 14.9. The lowest BCUT2D eigenvalue weighted by Gasteiger charge is -2.23. The van der Waals surface area contributed by atoms with Crippen molar-refractivity contribution in [3.63, 3.8) is 0 Å². The summed E-state index contributed by atoms with van der Waals surface area (Å²) in [5, 5.41) is 3.07. The van der Waals surface area contributed by atoms with Gasteiger partial charge in [0.2, 0.25) is 0 Å². The van der Waals surface area contributed by atoms with E-state index in [9.17, 15) is 0 Å². The molecule has 1 aliphatic carbocycles. The van der Waals surface area contributed by atoms with E-state index in [1.54, 1.807) is 7.11 Å². The van der Waals surface area contributed by atoms with Crippen molar-refractivity contribution in [1.82, 2.24) is 5.32 Å². The van der Waals surface area contributed by atoms with E-state index in [1.165, 1.54) is 19.3 Å². The van der Waals surface area contributed by atoms with Crippen molar-refractivity contribution in [1.29, 1.82) is 0 Å². The van der Waals surface area contributed by atoms with Gasteiger partial charge in [-0.3, -0.25) is 4.99 Å². The molecule has 2 rings (SSSR count). The monoisotopic (exact) mass is 291 g/mol. The van der Waals surface area contributed by atoms with E-state index in [-0.39, 0.29) is 0 Å². The van der Waals surface area contributed by atoms with E-state index >= 15 is 0 Å². The number of benzene rings is 1. The Balaban J connectivity index is 1.54. The third-order valence-electron chi connectivity index (χ3n) is 3.72. The highest BCUT2D eigenvalue weighted by atomic mass is 16.5. The lowest BCUT2D eigenvalue weighted by atomic mass is 9.86. The Morgan fingerprint density at radius 3 is 2.71 bits per heavy atom. The van der Waals surface area contributed by atoms with Crippen molar-refractivity contribution in [3.05, 3.63) is 29.8 Å². The molecule has 1 aromatic carbocycles. The van der Waals surface area contributed by atoms with E-state index in [1.807, 2.05) is 24.3 Å². The lowest BCUT2D eigenvalue weighted by Crippen LogP contribution is -2.35. The first-order valence-corrected chi connectivity index (χ1v) is 7.52. The van der Waals surface area contributed by atoms with Crippen LogP contribution in [0.5, 0.6) is 5.75 Å². The average Bonchev–Trinajstić information content (AvgIpc) is 2.46. The summed E-state index contributed by atoms with van der Waals surface area (Å²) >= 11 is 0. The van der Waals surface area contributed by atoms with Gasteiger partial charge in [-0.15, -0.1) is 0 Å². The summed E-state index contributed by atoms with van der Waals surface area (Å²) in [6.07, 6.45) is 3.93. The predicted molar refractivity (Wildman–Crippen MR) is 84.5 cm³/mol. The van der Waals surface area contributed by atoms with Gasteiger partial charge in [0.1, 0.15) is 5.75 Å². The SMILES string of the molecule is COc1ccc(COCCNC(N)=NCC2CCC2)cc1. The molecular formula is C16H25N3O2. The zero-order valence-corrected chi connectivity index (χ0v) is 12.7. The van der Waals surface area contributed by atoms with Crippen LogP contribution >= 0.6 is 0 Å². The minimum atomic E-state index is 0.523. The summed E-state index contributed by atoms with van der Waals surface area (Å²) in [5.41, 5.74) is 6.92. The van der Waals surface area contributed by atoms with Crippen LogP contribution < -0.4 is 15.8 Å². The highest BCUT2D eigenvalue weighted by Gasteiger charge is 2.16. The van der Waals surface area contributed by atoms with Gasteiger partial charge in [0.05, 0.1) is 20.3 Å². The maximum Gasteiger partial charge on any atom is 0.188 e. The Morgan fingerprint density at radius 1 is 1.33 bits per heavy atom. The first kappa shape index (κ1) is 15.6. The van der Waals surface area contributed by atoms with Gasteiger partial charge in [0.15, 0.2) is 5.96 Å². The Labute approximate surface area is 126 Å². The van der Waals surface area contributed by atoms with Gasteiger partial charge in [-0.25, -0.2) is 0 Å². The fourth-order valence-corrected chi connectivity index (χ4v) is 2.12. The first-order chi connectivity index (χ1) is 10.3. The minimum Gasteiger partial charge on any atom is -0.497 e. The molecule has 0 aromatic heterocycles. The normalized spacial score (nSPS) is 15.6. The van der Waals surface area contributed by atoms with Crippen LogP contribution in [0.1, 0.15) is 24.8 Å². The number of aliphatic imine (C=N–C) groups is 1. The molecule has 5 nitrogen and oxygen atoms in total. The van der Waals surface area contributed by atoms with E-state index < -0.39 is 0 Å². The van der Waals surface area contributed by atoms with Gasteiger partial charge in [-0.1, -0.05) is 18.6 Å². The van der Waals surface area contributed by atoms with Crippen LogP contribution in [0.4, 0.5) is 0 Å². The number of guanidine groups is 1. The summed E-state index contributed by atoms with van der Waals surface area (Å²) in [5.74, 6) is 2.13. The maximum absolute atomic E-state index is 5.80.